The van der Waals surface area contributed by atoms with E-state index in [9.17, 15) is 9.18 Å². The fourth-order valence-corrected chi connectivity index (χ4v) is 3.73. The normalized spacial score (nSPS) is 14.1. The number of pyridine rings is 1. The van der Waals surface area contributed by atoms with E-state index < -0.39 is 5.82 Å². The number of Topliss-reactive ketones (excluding diaryl/α,β-unsaturated/α-hetero) is 1. The maximum atomic E-state index is 13.2. The topological polar surface area (TPSA) is 110 Å². The number of imidazole rings is 1. The summed E-state index contributed by atoms with van der Waals surface area (Å²) in [5.74, 6) is 0.122. The van der Waals surface area contributed by atoms with Gasteiger partial charge in [-0.05, 0) is 24.6 Å². The molecule has 1 fully saturated rings. The third kappa shape index (κ3) is 5.14. The number of fused-ring (bicyclic) bond motifs is 1. The highest BCUT2D eigenvalue weighted by Crippen LogP contribution is 2.23. The molecule has 0 spiro atoms. The number of benzene rings is 1. The van der Waals surface area contributed by atoms with E-state index in [1.165, 1.54) is 18.5 Å². The number of aromatic nitrogens is 5. The highest BCUT2D eigenvalue weighted by molar-refractivity contribution is 5.95. The van der Waals surface area contributed by atoms with E-state index in [1.807, 2.05) is 36.1 Å². The number of carbonyl (C=O) groups excluding carboxylic acids is 1. The summed E-state index contributed by atoms with van der Waals surface area (Å²) in [7, 11) is 0. The van der Waals surface area contributed by atoms with Gasteiger partial charge in [-0.2, -0.15) is 15.1 Å². The molecule has 4 aromatic rings. The number of hydrazone groups is 1. The van der Waals surface area contributed by atoms with Crippen LogP contribution in [0, 0.1) is 12.7 Å². The lowest BCUT2D eigenvalue weighted by Crippen LogP contribution is -2.37. The standard InChI is InChI=1S/C24H23FN8O2/c1-16-3-2-4-17(11-16)12-28-31-22-21-23(30-24(29-22)32-7-9-35-10-8-32)33(15-27-21)14-20(34)19-6-5-18(25)13-26-19/h2-6,11-13,15H,7-10,14H2,1H3,(H,29,30,31)/b28-12+. The molecule has 1 saturated heterocycles. The lowest BCUT2D eigenvalue weighted by atomic mass is 10.2. The minimum absolute atomic E-state index is 0.0549. The Hall–Kier alpha value is -4.25. The van der Waals surface area contributed by atoms with Crippen molar-refractivity contribution in [2.75, 3.05) is 36.6 Å². The van der Waals surface area contributed by atoms with Crippen LogP contribution < -0.4 is 10.3 Å². The highest BCUT2D eigenvalue weighted by Gasteiger charge is 2.20. The highest BCUT2D eigenvalue weighted by atomic mass is 19.1. The number of nitrogens with zero attached hydrogens (tertiary/aromatic N) is 7. The number of hydrogen-bond acceptors (Lipinski definition) is 9. The summed E-state index contributed by atoms with van der Waals surface area (Å²) in [5, 5.41) is 4.35. The molecule has 10 nitrogen and oxygen atoms in total. The van der Waals surface area contributed by atoms with Crippen LogP contribution in [-0.4, -0.2) is 62.8 Å². The molecule has 3 aromatic heterocycles. The first-order valence-electron chi connectivity index (χ1n) is 11.1. The summed E-state index contributed by atoms with van der Waals surface area (Å²) >= 11 is 0. The van der Waals surface area contributed by atoms with Gasteiger partial charge in [0.2, 0.25) is 11.7 Å². The van der Waals surface area contributed by atoms with Crippen molar-refractivity contribution in [1.82, 2.24) is 24.5 Å². The molecule has 0 amide bonds. The van der Waals surface area contributed by atoms with E-state index in [4.69, 9.17) is 9.72 Å². The lowest BCUT2D eigenvalue weighted by Gasteiger charge is -2.27. The molecule has 0 unspecified atom stereocenters. The molecule has 1 aliphatic heterocycles. The van der Waals surface area contributed by atoms with Crippen molar-refractivity contribution in [3.8, 4) is 0 Å². The quantitative estimate of drug-likeness (QED) is 0.247. The van der Waals surface area contributed by atoms with Gasteiger partial charge in [0.1, 0.15) is 11.5 Å². The second-order valence-electron chi connectivity index (χ2n) is 8.09. The summed E-state index contributed by atoms with van der Waals surface area (Å²) < 4.78 is 20.3. The average molecular weight is 475 g/mol. The van der Waals surface area contributed by atoms with Gasteiger partial charge in [0.25, 0.3) is 0 Å². The summed E-state index contributed by atoms with van der Waals surface area (Å²) in [6.45, 7) is 4.39. The number of nitrogens with one attached hydrogen (secondary N) is 1. The molecule has 0 radical (unpaired) electrons. The molecule has 0 bridgehead atoms. The van der Waals surface area contributed by atoms with Crippen molar-refractivity contribution in [3.63, 3.8) is 0 Å². The maximum Gasteiger partial charge on any atom is 0.229 e. The smallest absolute Gasteiger partial charge is 0.229 e. The number of hydrogen-bond donors (Lipinski definition) is 1. The van der Waals surface area contributed by atoms with Crippen LogP contribution in [0.1, 0.15) is 21.6 Å². The molecular formula is C24H23FN8O2. The van der Waals surface area contributed by atoms with Crippen molar-refractivity contribution >= 4 is 34.9 Å². The summed E-state index contributed by atoms with van der Waals surface area (Å²) in [6, 6.07) is 10.5. The molecule has 178 valence electrons. The number of rotatable bonds is 7. The van der Waals surface area contributed by atoms with Gasteiger partial charge in [0, 0.05) is 13.1 Å². The minimum Gasteiger partial charge on any atom is -0.378 e. The van der Waals surface area contributed by atoms with Crippen LogP contribution in [0.25, 0.3) is 11.2 Å². The molecule has 11 heteroatoms. The summed E-state index contributed by atoms with van der Waals surface area (Å²) in [4.78, 5) is 32.4. The third-order valence-corrected chi connectivity index (χ3v) is 5.50. The van der Waals surface area contributed by atoms with Crippen molar-refractivity contribution < 1.29 is 13.9 Å². The van der Waals surface area contributed by atoms with Crippen LogP contribution >= 0.6 is 0 Å². The van der Waals surface area contributed by atoms with E-state index in [1.54, 1.807) is 10.8 Å². The van der Waals surface area contributed by atoms with Crippen LogP contribution in [0.5, 0.6) is 0 Å². The van der Waals surface area contributed by atoms with Crippen LogP contribution in [0.2, 0.25) is 0 Å². The fourth-order valence-electron chi connectivity index (χ4n) is 3.73. The fraction of sp³-hybridized carbons (Fsp3) is 0.250. The molecule has 0 aliphatic carbocycles. The van der Waals surface area contributed by atoms with Gasteiger partial charge in [-0.1, -0.05) is 29.8 Å². The molecular weight excluding hydrogens is 451 g/mol. The largest absolute Gasteiger partial charge is 0.378 e. The van der Waals surface area contributed by atoms with Crippen molar-refractivity contribution in [1.29, 1.82) is 0 Å². The van der Waals surface area contributed by atoms with Crippen molar-refractivity contribution in [2.24, 2.45) is 5.10 Å². The Kier molecular flexibility index (Phi) is 6.40. The lowest BCUT2D eigenvalue weighted by molar-refractivity contribution is 0.0968. The van der Waals surface area contributed by atoms with Gasteiger partial charge in [-0.25, -0.2) is 9.37 Å². The Morgan fingerprint density at radius 2 is 2.06 bits per heavy atom. The second kappa shape index (κ2) is 9.94. The number of ketones is 1. The number of morpholine rings is 1. The van der Waals surface area contributed by atoms with Crippen molar-refractivity contribution in [2.45, 2.75) is 13.5 Å². The van der Waals surface area contributed by atoms with E-state index in [0.717, 1.165) is 17.3 Å². The minimum atomic E-state index is -0.501. The first kappa shape index (κ1) is 22.5. The van der Waals surface area contributed by atoms with Gasteiger partial charge < -0.3 is 14.2 Å². The predicted octanol–water partition coefficient (Wildman–Crippen LogP) is 2.83. The number of carbonyl (C=O) groups is 1. The Balaban J connectivity index is 1.47. The number of aryl methyl sites for hydroxylation is 1. The van der Waals surface area contributed by atoms with Crippen LogP contribution in [0.15, 0.2) is 54.0 Å². The van der Waals surface area contributed by atoms with Gasteiger partial charge in [0.15, 0.2) is 17.0 Å². The molecule has 35 heavy (non-hydrogen) atoms. The molecule has 1 aliphatic rings. The Labute approximate surface area is 200 Å². The Bertz CT molecular complexity index is 1380. The first-order valence-corrected chi connectivity index (χ1v) is 11.1. The van der Waals surface area contributed by atoms with Crippen molar-refractivity contribution in [3.05, 3.63) is 71.6 Å². The van der Waals surface area contributed by atoms with Gasteiger partial charge >= 0.3 is 0 Å². The monoisotopic (exact) mass is 474 g/mol. The Morgan fingerprint density at radius 3 is 2.83 bits per heavy atom. The maximum absolute atomic E-state index is 13.2. The number of halogens is 1. The zero-order valence-corrected chi connectivity index (χ0v) is 19.1. The Morgan fingerprint density at radius 1 is 1.20 bits per heavy atom. The van der Waals surface area contributed by atoms with E-state index in [0.29, 0.717) is 49.2 Å². The molecule has 1 aromatic carbocycles. The second-order valence-corrected chi connectivity index (χ2v) is 8.09. The molecule has 4 heterocycles. The average Bonchev–Trinajstić information content (AvgIpc) is 3.27. The molecule has 5 rings (SSSR count). The summed E-state index contributed by atoms with van der Waals surface area (Å²) in [5.41, 5.74) is 6.18. The van der Waals surface area contributed by atoms with Gasteiger partial charge in [-0.15, -0.1) is 0 Å². The number of anilines is 2. The van der Waals surface area contributed by atoms with Crippen LogP contribution in [0.4, 0.5) is 16.2 Å². The van der Waals surface area contributed by atoms with Crippen LogP contribution in [0.3, 0.4) is 0 Å². The van der Waals surface area contributed by atoms with E-state index in [2.05, 4.69) is 25.5 Å². The first-order chi connectivity index (χ1) is 17.1. The third-order valence-electron chi connectivity index (χ3n) is 5.50. The van der Waals surface area contributed by atoms with Crippen LogP contribution in [-0.2, 0) is 11.3 Å². The zero-order chi connectivity index (χ0) is 24.2. The van der Waals surface area contributed by atoms with E-state index in [-0.39, 0.29) is 18.0 Å². The molecule has 1 N–H and O–H groups in total. The van der Waals surface area contributed by atoms with E-state index >= 15 is 0 Å². The molecule has 0 saturated carbocycles. The zero-order valence-electron chi connectivity index (χ0n) is 19.1. The number of ether oxygens (including phenoxy) is 1. The van der Waals surface area contributed by atoms with Gasteiger partial charge in [-0.3, -0.25) is 15.2 Å². The summed E-state index contributed by atoms with van der Waals surface area (Å²) in [6.07, 6.45) is 4.25. The molecule has 0 atom stereocenters. The van der Waals surface area contributed by atoms with Gasteiger partial charge in [0.05, 0.1) is 38.5 Å². The predicted molar refractivity (Wildman–Crippen MR) is 129 cm³/mol. The SMILES string of the molecule is Cc1cccc(/C=N/Nc2nc(N3CCOCC3)nc3c2ncn3CC(=O)c2ccc(F)cn2)c1.